The fourth-order valence-corrected chi connectivity index (χ4v) is 5.44. The van der Waals surface area contributed by atoms with Crippen molar-refractivity contribution in [3.05, 3.63) is 72.8 Å². The van der Waals surface area contributed by atoms with Crippen molar-refractivity contribution in [2.75, 3.05) is 39.9 Å². The first kappa shape index (κ1) is 30.7. The number of ether oxygens (including phenoxy) is 2. The Balaban J connectivity index is 1.28. The smallest absolute Gasteiger partial charge is 0.224 e. The maximum atomic E-state index is 13.4. The van der Waals surface area contributed by atoms with Gasteiger partial charge in [-0.15, -0.1) is 5.10 Å². The highest BCUT2D eigenvalue weighted by Gasteiger charge is 2.18. The van der Waals surface area contributed by atoms with Gasteiger partial charge < -0.3 is 23.8 Å². The van der Waals surface area contributed by atoms with Crippen LogP contribution in [0.4, 0.5) is 0 Å². The molecule has 0 radical (unpaired) electrons. The van der Waals surface area contributed by atoms with Crippen LogP contribution in [0.2, 0.25) is 0 Å². The Morgan fingerprint density at radius 3 is 2.52 bits per heavy atom. The summed E-state index contributed by atoms with van der Waals surface area (Å²) in [5.74, 6) is 2.53. The number of amides is 2. The quantitative estimate of drug-likeness (QED) is 0.316. The zero-order valence-electron chi connectivity index (χ0n) is 25.3. The van der Waals surface area contributed by atoms with Gasteiger partial charge in [0, 0.05) is 63.5 Å². The monoisotopic (exact) mass is 600 g/mol. The lowest BCUT2D eigenvalue weighted by atomic mass is 10.1. The molecule has 0 aliphatic carbocycles. The van der Waals surface area contributed by atoms with Gasteiger partial charge in [-0.3, -0.25) is 9.59 Å². The van der Waals surface area contributed by atoms with Gasteiger partial charge >= 0.3 is 0 Å². The van der Waals surface area contributed by atoms with Crippen LogP contribution >= 0.6 is 0 Å². The van der Waals surface area contributed by atoms with E-state index < -0.39 is 0 Å². The van der Waals surface area contributed by atoms with Gasteiger partial charge in [0.1, 0.15) is 23.7 Å². The standard InChI is InChI=1S/C32H40N8O4/c1-43-29-11-3-2-8-26(29)12-13-30(41)37-16-4-5-17-38(31(42)14-19-40-25-34-35-36-40)21-22-39-20-15-33-32(39)27-9-6-10-28(24-27)44-23-7-18-37/h2-3,6,8-11,15,20,24-25H,4-5,7,12-14,16-19,21-23H2,1H3. The minimum Gasteiger partial charge on any atom is -0.496 e. The number of tetrazole rings is 1. The predicted octanol–water partition coefficient (Wildman–Crippen LogP) is 3.49. The minimum absolute atomic E-state index is 0.0419. The molecule has 0 fully saturated rings. The molecule has 3 heterocycles. The number of rotatable bonds is 7. The molecule has 0 N–H and O–H groups in total. The van der Waals surface area contributed by atoms with Gasteiger partial charge in [-0.05, 0) is 59.9 Å². The van der Waals surface area contributed by atoms with E-state index in [2.05, 4.69) is 25.1 Å². The maximum Gasteiger partial charge on any atom is 0.224 e. The van der Waals surface area contributed by atoms with E-state index in [4.69, 9.17) is 9.47 Å². The first-order valence-corrected chi connectivity index (χ1v) is 15.2. The van der Waals surface area contributed by atoms with Crippen molar-refractivity contribution >= 4 is 11.8 Å². The number of imidazole rings is 1. The minimum atomic E-state index is 0.0419. The van der Waals surface area contributed by atoms with Crippen LogP contribution in [-0.4, -0.2) is 91.3 Å². The first-order valence-electron chi connectivity index (χ1n) is 15.2. The van der Waals surface area contributed by atoms with Gasteiger partial charge in [0.05, 0.1) is 20.3 Å². The van der Waals surface area contributed by atoms with Crippen LogP contribution < -0.4 is 9.47 Å². The Morgan fingerprint density at radius 1 is 0.909 bits per heavy atom. The molecule has 2 amide bonds. The molecule has 232 valence electrons. The van der Waals surface area contributed by atoms with Crippen LogP contribution in [0.1, 0.15) is 37.7 Å². The van der Waals surface area contributed by atoms with Gasteiger partial charge in [-0.25, -0.2) is 9.67 Å². The number of hydrogen-bond donors (Lipinski definition) is 0. The van der Waals surface area contributed by atoms with Crippen LogP contribution in [-0.2, 0) is 29.1 Å². The lowest BCUT2D eigenvalue weighted by Crippen LogP contribution is -2.37. The maximum absolute atomic E-state index is 13.4. The van der Waals surface area contributed by atoms with Crippen molar-refractivity contribution in [3.63, 3.8) is 0 Å². The molecule has 0 atom stereocenters. The summed E-state index contributed by atoms with van der Waals surface area (Å²) in [4.78, 5) is 35.2. The van der Waals surface area contributed by atoms with Crippen molar-refractivity contribution in [3.8, 4) is 22.9 Å². The van der Waals surface area contributed by atoms with Crippen molar-refractivity contribution in [1.29, 1.82) is 0 Å². The van der Waals surface area contributed by atoms with Crippen LogP contribution in [0.3, 0.4) is 0 Å². The van der Waals surface area contributed by atoms with E-state index in [9.17, 15) is 9.59 Å². The molecule has 1 aliphatic heterocycles. The molecule has 0 saturated carbocycles. The molecule has 0 spiro atoms. The van der Waals surface area contributed by atoms with Gasteiger partial charge in [0.2, 0.25) is 11.8 Å². The zero-order valence-corrected chi connectivity index (χ0v) is 25.3. The van der Waals surface area contributed by atoms with E-state index in [1.807, 2.05) is 64.5 Å². The second-order valence-corrected chi connectivity index (χ2v) is 10.8. The average Bonchev–Trinajstić information content (AvgIpc) is 3.75. The van der Waals surface area contributed by atoms with Crippen LogP contribution in [0.15, 0.2) is 67.3 Å². The van der Waals surface area contributed by atoms with Crippen LogP contribution in [0.5, 0.6) is 11.5 Å². The predicted molar refractivity (Wildman–Crippen MR) is 164 cm³/mol. The van der Waals surface area contributed by atoms with E-state index in [0.717, 1.165) is 41.3 Å². The van der Waals surface area contributed by atoms with Crippen molar-refractivity contribution in [1.82, 2.24) is 39.6 Å². The normalized spacial score (nSPS) is 14.8. The number of carbonyl (C=O) groups excluding carboxylic acids is 2. The number of methoxy groups -OCH3 is 1. The Morgan fingerprint density at radius 2 is 1.70 bits per heavy atom. The molecule has 4 aromatic rings. The van der Waals surface area contributed by atoms with Crippen molar-refractivity contribution in [2.24, 2.45) is 0 Å². The van der Waals surface area contributed by atoms with E-state index >= 15 is 0 Å². The number of benzene rings is 2. The largest absolute Gasteiger partial charge is 0.496 e. The molecule has 12 heteroatoms. The van der Waals surface area contributed by atoms with Gasteiger partial charge in [0.25, 0.3) is 0 Å². The lowest BCUT2D eigenvalue weighted by molar-refractivity contribution is -0.133. The third-order valence-electron chi connectivity index (χ3n) is 7.82. The van der Waals surface area contributed by atoms with E-state index in [0.29, 0.717) is 71.6 Å². The summed E-state index contributed by atoms with van der Waals surface area (Å²) in [6, 6.07) is 15.7. The molecule has 44 heavy (non-hydrogen) atoms. The molecule has 1 aliphatic rings. The zero-order chi connectivity index (χ0) is 30.6. The molecule has 5 rings (SSSR count). The Hall–Kier alpha value is -4.74. The van der Waals surface area contributed by atoms with E-state index in [1.54, 1.807) is 18.0 Å². The molecule has 0 unspecified atom stereocenters. The topological polar surface area (TPSA) is 120 Å². The highest BCUT2D eigenvalue weighted by atomic mass is 16.5. The number of nitrogens with zero attached hydrogens (tertiary/aromatic N) is 8. The van der Waals surface area contributed by atoms with Crippen LogP contribution in [0.25, 0.3) is 11.4 Å². The molecular formula is C32H40N8O4. The number of aryl methyl sites for hydroxylation is 2. The summed E-state index contributed by atoms with van der Waals surface area (Å²) in [7, 11) is 1.65. The van der Waals surface area contributed by atoms with Gasteiger partial charge in [-0.2, -0.15) is 0 Å². The second-order valence-electron chi connectivity index (χ2n) is 10.8. The molecule has 12 nitrogen and oxygen atoms in total. The van der Waals surface area contributed by atoms with Crippen LogP contribution in [0, 0.1) is 0 Å². The SMILES string of the molecule is COc1ccccc1CCC(=O)N1CCCCN(C(=O)CCn2cnnn2)CCn2ccnc2-c2cccc(c2)OCCC1. The molecule has 0 saturated heterocycles. The fourth-order valence-electron chi connectivity index (χ4n) is 5.44. The highest BCUT2D eigenvalue weighted by molar-refractivity contribution is 5.77. The molecule has 2 aromatic heterocycles. The van der Waals surface area contributed by atoms with E-state index in [1.165, 1.54) is 6.33 Å². The van der Waals surface area contributed by atoms with Gasteiger partial charge in [-0.1, -0.05) is 30.3 Å². The number of para-hydroxylation sites is 1. The van der Waals surface area contributed by atoms with Crippen molar-refractivity contribution < 1.29 is 19.1 Å². The molecule has 2 bridgehead atoms. The summed E-state index contributed by atoms with van der Waals surface area (Å²) in [5, 5.41) is 11.2. The van der Waals surface area contributed by atoms with E-state index in [-0.39, 0.29) is 11.8 Å². The Bertz CT molecular complexity index is 1490. The number of hydrogen-bond acceptors (Lipinski definition) is 8. The molecular weight excluding hydrogens is 560 g/mol. The first-order chi connectivity index (χ1) is 21.6. The average molecular weight is 601 g/mol. The summed E-state index contributed by atoms with van der Waals surface area (Å²) in [6.07, 6.45) is 8.82. The third kappa shape index (κ3) is 8.42. The Kier molecular flexibility index (Phi) is 10.9. The highest BCUT2D eigenvalue weighted by Crippen LogP contribution is 2.24. The number of aromatic nitrogens is 6. The number of fused-ring (bicyclic) bond motifs is 4. The molecule has 2 aromatic carbocycles. The summed E-state index contributed by atoms with van der Waals surface area (Å²) < 4.78 is 15.2. The fraction of sp³-hybridized carbons (Fsp3) is 0.438. The number of carbonyl (C=O) groups is 2. The lowest BCUT2D eigenvalue weighted by Gasteiger charge is -2.26. The summed E-state index contributed by atoms with van der Waals surface area (Å²) >= 11 is 0. The van der Waals surface area contributed by atoms with Gasteiger partial charge in [0.15, 0.2) is 0 Å². The summed E-state index contributed by atoms with van der Waals surface area (Å²) in [6.45, 7) is 3.88. The third-order valence-corrected chi connectivity index (χ3v) is 7.82. The van der Waals surface area contributed by atoms with Crippen molar-refractivity contribution in [2.45, 2.75) is 51.6 Å². The Labute approximate surface area is 257 Å². The second kappa shape index (κ2) is 15.6. The summed E-state index contributed by atoms with van der Waals surface area (Å²) in [5.41, 5.74) is 1.97.